The molecule has 0 aromatic carbocycles. The number of carbonyl (C=O) groups excluding carboxylic acids is 4. The van der Waals surface area contributed by atoms with Gasteiger partial charge in [0.05, 0.1) is 11.8 Å². The van der Waals surface area contributed by atoms with Crippen LogP contribution in [0.4, 0.5) is 0 Å². The van der Waals surface area contributed by atoms with Crippen molar-refractivity contribution in [3.8, 4) is 0 Å². The van der Waals surface area contributed by atoms with Gasteiger partial charge in [-0.3, -0.25) is 24.0 Å². The third-order valence-corrected chi connectivity index (χ3v) is 4.84. The maximum Gasteiger partial charge on any atom is 0.311 e. The van der Waals surface area contributed by atoms with E-state index in [4.69, 9.17) is 14.6 Å². The lowest BCUT2D eigenvalue weighted by Gasteiger charge is -2.30. The van der Waals surface area contributed by atoms with Crippen molar-refractivity contribution in [1.82, 2.24) is 0 Å². The topological polar surface area (TPSA) is 124 Å². The highest BCUT2D eigenvalue weighted by Crippen LogP contribution is 2.32. The normalized spacial score (nSPS) is 12.2. The van der Waals surface area contributed by atoms with Crippen LogP contribution in [0.2, 0.25) is 0 Å². The smallest absolute Gasteiger partial charge is 0.311 e. The summed E-state index contributed by atoms with van der Waals surface area (Å²) in [5, 5.41) is 8.55. The highest BCUT2D eigenvalue weighted by molar-refractivity contribution is 5.89. The molecule has 1 N–H and O–H groups in total. The summed E-state index contributed by atoms with van der Waals surface area (Å²) in [5.74, 6) is -1.49. The monoisotopic (exact) mass is 486 g/mol. The second kappa shape index (κ2) is 13.6. The molecule has 0 bridgehead atoms. The standard InChI is InChI=1S/C15H26O5.C11H20O3/c1-14(2,3)11(16)7-8-12(17)19-9-10-20-13(18)15(4,5)6;1-10(2,3)9(14)11(4,5)7-6-8(12)13/h7-10H2,1-6H3;6-7H2,1-5H3,(H,12,13). The van der Waals surface area contributed by atoms with Crippen molar-refractivity contribution in [2.75, 3.05) is 13.2 Å². The van der Waals surface area contributed by atoms with Gasteiger partial charge in [0.15, 0.2) is 0 Å². The third kappa shape index (κ3) is 15.6. The molecule has 0 aliphatic heterocycles. The first kappa shape index (κ1) is 33.9. The fraction of sp³-hybridized carbons (Fsp3) is 0.808. The Kier molecular flexibility index (Phi) is 13.6. The van der Waals surface area contributed by atoms with Gasteiger partial charge in [0.2, 0.25) is 0 Å². The second-order valence-corrected chi connectivity index (χ2v) is 12.1. The highest BCUT2D eigenvalue weighted by Gasteiger charge is 2.35. The van der Waals surface area contributed by atoms with Gasteiger partial charge in [-0.15, -0.1) is 0 Å². The molecule has 8 nitrogen and oxygen atoms in total. The van der Waals surface area contributed by atoms with E-state index < -0.39 is 33.6 Å². The number of aliphatic carboxylic acids is 1. The lowest BCUT2D eigenvalue weighted by molar-refractivity contribution is -0.158. The van der Waals surface area contributed by atoms with Crippen LogP contribution in [-0.4, -0.2) is 47.8 Å². The predicted octanol–water partition coefficient (Wildman–Crippen LogP) is 5.01. The van der Waals surface area contributed by atoms with E-state index in [1.165, 1.54) is 0 Å². The number of Topliss-reactive ketones (excluding diaryl/α,β-unsaturated/α-hetero) is 2. The molecule has 0 unspecified atom stereocenters. The third-order valence-electron chi connectivity index (χ3n) is 4.84. The molecule has 198 valence electrons. The number of hydrogen-bond acceptors (Lipinski definition) is 7. The van der Waals surface area contributed by atoms with Crippen molar-refractivity contribution in [2.45, 2.75) is 102 Å². The van der Waals surface area contributed by atoms with E-state index in [1.54, 1.807) is 20.8 Å². The molecule has 0 radical (unpaired) electrons. The number of carboxylic acid groups (broad SMARTS) is 1. The van der Waals surface area contributed by atoms with Crippen molar-refractivity contribution < 1.29 is 38.6 Å². The molecule has 0 aromatic heterocycles. The van der Waals surface area contributed by atoms with Crippen LogP contribution in [-0.2, 0) is 33.4 Å². The number of ketones is 2. The van der Waals surface area contributed by atoms with E-state index in [2.05, 4.69) is 0 Å². The van der Waals surface area contributed by atoms with E-state index in [0.29, 0.717) is 6.42 Å². The van der Waals surface area contributed by atoms with Gasteiger partial charge in [-0.25, -0.2) is 0 Å². The van der Waals surface area contributed by atoms with E-state index >= 15 is 0 Å². The van der Waals surface area contributed by atoms with Crippen molar-refractivity contribution in [1.29, 1.82) is 0 Å². The summed E-state index contributed by atoms with van der Waals surface area (Å²) >= 11 is 0. The summed E-state index contributed by atoms with van der Waals surface area (Å²) in [6.07, 6.45) is 0.681. The van der Waals surface area contributed by atoms with Crippen LogP contribution in [0.3, 0.4) is 0 Å². The second-order valence-electron chi connectivity index (χ2n) is 12.1. The Bertz CT molecular complexity index is 713. The average Bonchev–Trinajstić information content (AvgIpc) is 2.65. The number of hydrogen-bond donors (Lipinski definition) is 1. The van der Waals surface area contributed by atoms with Gasteiger partial charge in [0, 0.05) is 29.1 Å². The lowest BCUT2D eigenvalue weighted by Crippen LogP contribution is -2.35. The van der Waals surface area contributed by atoms with Gasteiger partial charge in [-0.2, -0.15) is 0 Å². The molecule has 0 aromatic rings. The van der Waals surface area contributed by atoms with Crippen molar-refractivity contribution >= 4 is 29.5 Å². The van der Waals surface area contributed by atoms with Crippen molar-refractivity contribution in [3.05, 3.63) is 0 Å². The maximum absolute atomic E-state index is 11.9. The minimum atomic E-state index is -0.847. The number of carbonyl (C=O) groups is 5. The zero-order valence-corrected chi connectivity index (χ0v) is 23.0. The van der Waals surface area contributed by atoms with Gasteiger partial charge in [0.25, 0.3) is 0 Å². The summed E-state index contributed by atoms with van der Waals surface area (Å²) in [6.45, 7) is 19.9. The lowest BCUT2D eigenvalue weighted by atomic mass is 9.72. The van der Waals surface area contributed by atoms with Crippen molar-refractivity contribution in [3.63, 3.8) is 0 Å². The molecule has 0 saturated heterocycles. The van der Waals surface area contributed by atoms with Crippen LogP contribution in [0, 0.1) is 21.7 Å². The maximum atomic E-state index is 11.9. The van der Waals surface area contributed by atoms with Gasteiger partial charge < -0.3 is 14.6 Å². The fourth-order valence-corrected chi connectivity index (χ4v) is 2.72. The molecule has 0 fully saturated rings. The number of ether oxygens (including phenoxy) is 2. The van der Waals surface area contributed by atoms with Crippen LogP contribution in [0.5, 0.6) is 0 Å². The fourth-order valence-electron chi connectivity index (χ4n) is 2.72. The van der Waals surface area contributed by atoms with E-state index in [9.17, 15) is 24.0 Å². The first-order valence-electron chi connectivity index (χ1n) is 11.6. The van der Waals surface area contributed by atoms with Crippen LogP contribution < -0.4 is 0 Å². The summed E-state index contributed by atoms with van der Waals surface area (Å²) < 4.78 is 9.85. The van der Waals surface area contributed by atoms with Gasteiger partial charge in [-0.05, 0) is 27.2 Å². The Morgan fingerprint density at radius 3 is 1.47 bits per heavy atom. The largest absolute Gasteiger partial charge is 0.481 e. The highest BCUT2D eigenvalue weighted by atomic mass is 16.6. The van der Waals surface area contributed by atoms with Crippen LogP contribution in [0.15, 0.2) is 0 Å². The molecule has 8 heteroatoms. The minimum absolute atomic E-state index is 0.0182. The van der Waals surface area contributed by atoms with Crippen LogP contribution in [0.25, 0.3) is 0 Å². The Morgan fingerprint density at radius 2 is 1.09 bits per heavy atom. The van der Waals surface area contributed by atoms with Crippen molar-refractivity contribution in [2.24, 2.45) is 21.7 Å². The average molecular weight is 487 g/mol. The number of esters is 2. The SMILES string of the molecule is CC(C)(C)C(=O)C(C)(C)CCC(=O)O.CC(C)(C)C(=O)CCC(=O)OCCOC(=O)C(C)(C)C. The van der Waals surface area contributed by atoms with Gasteiger partial charge in [-0.1, -0.05) is 55.4 Å². The Hall–Kier alpha value is -2.25. The molecule has 0 spiro atoms. The zero-order chi connectivity index (χ0) is 27.5. The number of rotatable bonds is 10. The first-order chi connectivity index (χ1) is 15.0. The molecular weight excluding hydrogens is 440 g/mol. The summed E-state index contributed by atoms with van der Waals surface area (Å²) in [7, 11) is 0. The number of carboxylic acids is 1. The molecule has 0 heterocycles. The molecule has 0 rings (SSSR count). The van der Waals surface area contributed by atoms with E-state index in [0.717, 1.165) is 0 Å². The van der Waals surface area contributed by atoms with Crippen LogP contribution >= 0.6 is 0 Å². The first-order valence-corrected chi connectivity index (χ1v) is 11.6. The molecule has 0 saturated carbocycles. The Balaban J connectivity index is 0. The molecule has 0 aliphatic carbocycles. The molecular formula is C26H46O8. The Morgan fingerprint density at radius 1 is 0.618 bits per heavy atom. The quantitative estimate of drug-likeness (QED) is 0.338. The van der Waals surface area contributed by atoms with Gasteiger partial charge >= 0.3 is 17.9 Å². The Labute approximate surface area is 205 Å². The molecule has 34 heavy (non-hydrogen) atoms. The summed E-state index contributed by atoms with van der Waals surface area (Å²) in [4.78, 5) is 56.8. The van der Waals surface area contributed by atoms with E-state index in [1.807, 2.05) is 55.4 Å². The summed E-state index contributed by atoms with van der Waals surface area (Å²) in [5.41, 5.74) is -1.95. The zero-order valence-electron chi connectivity index (χ0n) is 23.0. The van der Waals surface area contributed by atoms with Crippen LogP contribution in [0.1, 0.15) is 102 Å². The molecule has 0 amide bonds. The van der Waals surface area contributed by atoms with Gasteiger partial charge in [0.1, 0.15) is 24.8 Å². The molecule has 0 aliphatic rings. The summed E-state index contributed by atoms with van der Waals surface area (Å²) in [6, 6.07) is 0. The predicted molar refractivity (Wildman–Crippen MR) is 130 cm³/mol. The molecule has 0 atom stereocenters. The van der Waals surface area contributed by atoms with E-state index in [-0.39, 0.29) is 50.0 Å². The minimum Gasteiger partial charge on any atom is -0.481 e.